The number of benzene rings is 1. The molecule has 1 aromatic rings. The zero-order chi connectivity index (χ0) is 16.9. The molecular weight excluding hydrogens is 303 g/mol. The summed E-state index contributed by atoms with van der Waals surface area (Å²) in [7, 11) is 0. The maximum Gasteiger partial charge on any atom is 0.471 e. The van der Waals surface area contributed by atoms with E-state index in [4.69, 9.17) is 5.73 Å². The van der Waals surface area contributed by atoms with Gasteiger partial charge in [-0.1, -0.05) is 18.2 Å². The quantitative estimate of drug-likeness (QED) is 0.849. The molecular formula is C13H14F3N3O3. The Bertz CT molecular complexity index is 587. The topological polar surface area (TPSA) is 92.5 Å². The van der Waals surface area contributed by atoms with Crippen LogP contribution < -0.4 is 11.1 Å². The highest BCUT2D eigenvalue weighted by atomic mass is 19.4. The molecule has 0 aliphatic heterocycles. The van der Waals surface area contributed by atoms with Crippen molar-refractivity contribution >= 4 is 23.4 Å². The molecule has 0 spiro atoms. The lowest BCUT2D eigenvalue weighted by Gasteiger charge is -2.23. The number of amides is 3. The van der Waals surface area contributed by atoms with Crippen molar-refractivity contribution in [2.45, 2.75) is 19.6 Å². The van der Waals surface area contributed by atoms with E-state index in [0.717, 1.165) is 0 Å². The number of rotatable bonds is 5. The van der Waals surface area contributed by atoms with Gasteiger partial charge >= 0.3 is 12.1 Å². The second-order valence-electron chi connectivity index (χ2n) is 4.46. The second-order valence-corrected chi connectivity index (χ2v) is 4.46. The van der Waals surface area contributed by atoms with Gasteiger partial charge in [0.2, 0.25) is 11.8 Å². The molecule has 120 valence electrons. The van der Waals surface area contributed by atoms with E-state index in [9.17, 15) is 27.6 Å². The Balaban J connectivity index is 3.07. The molecule has 0 saturated carbocycles. The van der Waals surface area contributed by atoms with Crippen molar-refractivity contribution in [3.63, 3.8) is 0 Å². The number of nitrogens with one attached hydrogen (secondary N) is 1. The van der Waals surface area contributed by atoms with Crippen LogP contribution in [0.2, 0.25) is 0 Å². The molecule has 0 aliphatic rings. The van der Waals surface area contributed by atoms with Gasteiger partial charge < -0.3 is 16.0 Å². The van der Waals surface area contributed by atoms with Gasteiger partial charge in [-0.3, -0.25) is 14.4 Å². The first-order valence-corrected chi connectivity index (χ1v) is 6.11. The van der Waals surface area contributed by atoms with E-state index in [2.05, 4.69) is 5.32 Å². The maximum atomic E-state index is 12.5. The Morgan fingerprint density at radius 3 is 2.32 bits per heavy atom. The zero-order valence-electron chi connectivity index (χ0n) is 11.6. The molecule has 0 aromatic heterocycles. The summed E-state index contributed by atoms with van der Waals surface area (Å²) < 4.78 is 37.6. The molecule has 0 bridgehead atoms. The summed E-state index contributed by atoms with van der Waals surface area (Å²) in [5, 5.41) is 2.44. The Morgan fingerprint density at radius 1 is 1.23 bits per heavy atom. The van der Waals surface area contributed by atoms with E-state index in [-0.39, 0.29) is 16.2 Å². The number of hydrogen-bond acceptors (Lipinski definition) is 3. The van der Waals surface area contributed by atoms with Crippen molar-refractivity contribution in [3.05, 3.63) is 29.8 Å². The highest BCUT2D eigenvalue weighted by Crippen LogP contribution is 2.22. The van der Waals surface area contributed by atoms with Crippen LogP contribution in [0.25, 0.3) is 0 Å². The van der Waals surface area contributed by atoms with Gasteiger partial charge in [-0.2, -0.15) is 13.2 Å². The molecule has 0 fully saturated rings. The van der Waals surface area contributed by atoms with Crippen LogP contribution in [0.4, 0.5) is 18.9 Å². The van der Waals surface area contributed by atoms with Crippen LogP contribution in [-0.4, -0.2) is 35.3 Å². The first kappa shape index (κ1) is 17.5. The van der Waals surface area contributed by atoms with Crippen LogP contribution in [-0.2, 0) is 20.9 Å². The van der Waals surface area contributed by atoms with Crippen LogP contribution in [0.1, 0.15) is 12.5 Å². The molecule has 1 aromatic carbocycles. The first-order valence-electron chi connectivity index (χ1n) is 6.11. The smallest absolute Gasteiger partial charge is 0.368 e. The summed E-state index contributed by atoms with van der Waals surface area (Å²) in [6, 6.07) is 6.00. The summed E-state index contributed by atoms with van der Waals surface area (Å²) in [5.74, 6) is -3.67. The average molecular weight is 317 g/mol. The summed E-state index contributed by atoms with van der Waals surface area (Å²) in [6.07, 6.45) is -5.13. The monoisotopic (exact) mass is 317 g/mol. The fourth-order valence-corrected chi connectivity index (χ4v) is 1.74. The van der Waals surface area contributed by atoms with Crippen molar-refractivity contribution in [1.82, 2.24) is 4.90 Å². The second kappa shape index (κ2) is 6.92. The largest absolute Gasteiger partial charge is 0.471 e. The van der Waals surface area contributed by atoms with Crippen LogP contribution >= 0.6 is 0 Å². The molecule has 3 amide bonds. The van der Waals surface area contributed by atoms with Crippen LogP contribution in [0.3, 0.4) is 0 Å². The van der Waals surface area contributed by atoms with Gasteiger partial charge in [0.25, 0.3) is 0 Å². The van der Waals surface area contributed by atoms with E-state index in [1.165, 1.54) is 25.1 Å². The Morgan fingerprint density at radius 2 is 1.82 bits per heavy atom. The van der Waals surface area contributed by atoms with Crippen molar-refractivity contribution in [2.24, 2.45) is 5.73 Å². The number of carbonyl (C=O) groups excluding carboxylic acids is 3. The number of nitrogens with zero attached hydrogens (tertiary/aromatic N) is 1. The van der Waals surface area contributed by atoms with Crippen molar-refractivity contribution in [1.29, 1.82) is 0 Å². The predicted octanol–water partition coefficient (Wildman–Crippen LogP) is 1.02. The summed E-state index contributed by atoms with van der Waals surface area (Å²) in [6.45, 7) is -0.163. The van der Waals surface area contributed by atoms with E-state index >= 15 is 0 Å². The number of anilines is 1. The Hall–Kier alpha value is -2.58. The lowest BCUT2D eigenvalue weighted by Crippen LogP contribution is -2.44. The summed E-state index contributed by atoms with van der Waals surface area (Å²) in [5.41, 5.74) is 5.37. The minimum Gasteiger partial charge on any atom is -0.368 e. The standard InChI is InChI=1S/C13H14F3N3O3/c1-8(20)18-10-5-3-2-4-9(10)6-19(7-11(17)21)12(22)13(14,15)16/h2-5H,6-7H2,1H3,(H2,17,21)(H,18,20). The van der Waals surface area contributed by atoms with E-state index < -0.39 is 37.0 Å². The van der Waals surface area contributed by atoms with E-state index in [0.29, 0.717) is 0 Å². The van der Waals surface area contributed by atoms with Gasteiger partial charge in [0, 0.05) is 19.2 Å². The number of hydrogen-bond donors (Lipinski definition) is 2. The summed E-state index contributed by atoms with van der Waals surface area (Å²) >= 11 is 0. The molecule has 0 radical (unpaired) electrons. The molecule has 9 heteroatoms. The van der Waals surface area contributed by atoms with Crippen molar-refractivity contribution in [2.75, 3.05) is 11.9 Å². The third kappa shape index (κ3) is 5.08. The highest BCUT2D eigenvalue weighted by Gasteiger charge is 2.42. The molecule has 1 rings (SSSR count). The van der Waals surface area contributed by atoms with E-state index in [1.54, 1.807) is 6.07 Å². The number of nitrogens with two attached hydrogens (primary N) is 1. The Labute approximate surface area is 124 Å². The van der Waals surface area contributed by atoms with Gasteiger partial charge in [0.05, 0.1) is 6.54 Å². The van der Waals surface area contributed by atoms with Gasteiger partial charge in [0.15, 0.2) is 0 Å². The van der Waals surface area contributed by atoms with Crippen LogP contribution in [0, 0.1) is 0 Å². The van der Waals surface area contributed by atoms with Crippen molar-refractivity contribution in [3.8, 4) is 0 Å². The predicted molar refractivity (Wildman–Crippen MR) is 71.4 cm³/mol. The lowest BCUT2D eigenvalue weighted by molar-refractivity contribution is -0.186. The number of carbonyl (C=O) groups is 3. The average Bonchev–Trinajstić information content (AvgIpc) is 2.37. The van der Waals surface area contributed by atoms with Gasteiger partial charge in [0.1, 0.15) is 0 Å². The zero-order valence-corrected chi connectivity index (χ0v) is 11.6. The number of primary amides is 1. The molecule has 6 nitrogen and oxygen atoms in total. The fraction of sp³-hybridized carbons (Fsp3) is 0.308. The minimum atomic E-state index is -5.13. The maximum absolute atomic E-state index is 12.5. The van der Waals surface area contributed by atoms with Gasteiger partial charge in [-0.05, 0) is 11.6 Å². The molecule has 0 unspecified atom stereocenters. The molecule has 0 heterocycles. The number of halogens is 3. The minimum absolute atomic E-state index is 0.247. The first-order chi connectivity index (χ1) is 10.1. The molecule has 0 aliphatic carbocycles. The molecule has 0 atom stereocenters. The fourth-order valence-electron chi connectivity index (χ4n) is 1.74. The molecule has 0 saturated heterocycles. The van der Waals surface area contributed by atoms with Gasteiger partial charge in [-0.25, -0.2) is 0 Å². The van der Waals surface area contributed by atoms with Crippen LogP contribution in [0.5, 0.6) is 0 Å². The van der Waals surface area contributed by atoms with Crippen molar-refractivity contribution < 1.29 is 27.6 Å². The SMILES string of the molecule is CC(=O)Nc1ccccc1CN(CC(N)=O)C(=O)C(F)(F)F. The third-order valence-corrected chi connectivity index (χ3v) is 2.57. The highest BCUT2D eigenvalue weighted by molar-refractivity contribution is 5.90. The normalized spacial score (nSPS) is 10.9. The van der Waals surface area contributed by atoms with Crippen LogP contribution in [0.15, 0.2) is 24.3 Å². The Kier molecular flexibility index (Phi) is 5.50. The molecule has 22 heavy (non-hydrogen) atoms. The molecule has 3 N–H and O–H groups in total. The van der Waals surface area contributed by atoms with Gasteiger partial charge in [-0.15, -0.1) is 0 Å². The summed E-state index contributed by atoms with van der Waals surface area (Å²) in [4.78, 5) is 33.6. The number of alkyl halides is 3. The van der Waals surface area contributed by atoms with E-state index in [1.807, 2.05) is 0 Å². The lowest BCUT2D eigenvalue weighted by atomic mass is 10.1. The number of para-hydroxylation sites is 1. The third-order valence-electron chi connectivity index (χ3n) is 2.57.